The predicted molar refractivity (Wildman–Crippen MR) is 148 cm³/mol. The molecule has 0 saturated carbocycles. The Morgan fingerprint density at radius 2 is 1.68 bits per heavy atom. The normalized spacial score (nSPS) is 11.1. The van der Waals surface area contributed by atoms with Crippen molar-refractivity contribution in [2.24, 2.45) is 0 Å². The fourth-order valence-electron chi connectivity index (χ4n) is 4.23. The summed E-state index contributed by atoms with van der Waals surface area (Å²) >= 11 is 0. The molecule has 3 aromatic heterocycles. The monoisotopic (exact) mass is 513 g/mol. The van der Waals surface area contributed by atoms with Crippen LogP contribution in [0.25, 0.3) is 11.3 Å². The lowest BCUT2D eigenvalue weighted by Gasteiger charge is -2.18. The van der Waals surface area contributed by atoms with Crippen molar-refractivity contribution in [3.8, 4) is 11.3 Å². The number of ketones is 1. The third kappa shape index (κ3) is 5.99. The fraction of sp³-hybridized carbons (Fsp3) is 0.310. The molecule has 0 fully saturated rings. The van der Waals surface area contributed by atoms with Crippen LogP contribution in [0, 0.1) is 19.7 Å². The molecule has 1 aromatic carbocycles. The van der Waals surface area contributed by atoms with Crippen molar-refractivity contribution in [2.45, 2.75) is 60.3 Å². The van der Waals surface area contributed by atoms with Crippen molar-refractivity contribution >= 4 is 28.8 Å². The average Bonchev–Trinajstić information content (AvgIpc) is 2.87. The van der Waals surface area contributed by atoms with Crippen LogP contribution in [0.1, 0.15) is 73.2 Å². The van der Waals surface area contributed by atoms with Gasteiger partial charge in [0, 0.05) is 47.9 Å². The number of hydrogen-bond donors (Lipinski definition) is 2. The van der Waals surface area contributed by atoms with Crippen molar-refractivity contribution in [3.63, 3.8) is 0 Å². The van der Waals surface area contributed by atoms with E-state index in [1.54, 1.807) is 25.4 Å². The number of nitrogens with zero attached hydrogens (tertiary/aromatic N) is 5. The third-order valence-corrected chi connectivity index (χ3v) is 6.12. The molecule has 4 aromatic rings. The van der Waals surface area contributed by atoms with Crippen molar-refractivity contribution in [2.75, 3.05) is 10.6 Å². The number of halogens is 1. The Kier molecular flexibility index (Phi) is 8.05. The minimum absolute atomic E-state index is 0.0786. The van der Waals surface area contributed by atoms with Gasteiger partial charge in [-0.05, 0) is 43.9 Å². The van der Waals surface area contributed by atoms with Crippen molar-refractivity contribution in [3.05, 3.63) is 77.0 Å². The molecule has 0 bridgehead atoms. The molecule has 8 nitrogen and oxygen atoms in total. The SMILES string of the molecule is CCC(=O)c1cnc(Nc2cc(C)nc(C)n2)cc1Nc1cc(F)cc(-c2cnc(C(C)C)cn2)c1CC. The number of aromatic nitrogens is 5. The van der Waals surface area contributed by atoms with E-state index in [2.05, 4.69) is 35.6 Å². The van der Waals surface area contributed by atoms with Crippen LogP contribution in [-0.2, 0) is 6.42 Å². The summed E-state index contributed by atoms with van der Waals surface area (Å²) in [5.41, 5.74) is 5.28. The predicted octanol–water partition coefficient (Wildman–Crippen LogP) is 6.85. The summed E-state index contributed by atoms with van der Waals surface area (Å²) in [7, 11) is 0. The average molecular weight is 514 g/mol. The van der Waals surface area contributed by atoms with Gasteiger partial charge >= 0.3 is 0 Å². The highest BCUT2D eigenvalue weighted by Crippen LogP contribution is 2.34. The standard InChI is InChI=1S/C29H32FN7O/c1-7-20-21(26-15-31-25(14-32-26)16(3)4)10-19(30)11-23(20)36-24-12-28(33-13-22(24)27(38)8-2)37-29-9-17(5)34-18(6)35-29/h9-16H,7-8H2,1-6H3,(H2,33,34,35,36,37). The van der Waals surface area contributed by atoms with E-state index in [-0.39, 0.29) is 11.7 Å². The summed E-state index contributed by atoms with van der Waals surface area (Å²) in [5, 5.41) is 6.50. The Morgan fingerprint density at radius 1 is 0.895 bits per heavy atom. The van der Waals surface area contributed by atoms with E-state index in [0.717, 1.165) is 17.0 Å². The van der Waals surface area contributed by atoms with Gasteiger partial charge in [0.2, 0.25) is 0 Å². The number of pyridine rings is 1. The van der Waals surface area contributed by atoms with Crippen LogP contribution < -0.4 is 10.6 Å². The highest BCUT2D eigenvalue weighted by Gasteiger charge is 2.18. The van der Waals surface area contributed by atoms with Crippen molar-refractivity contribution < 1.29 is 9.18 Å². The second kappa shape index (κ2) is 11.4. The Morgan fingerprint density at radius 3 is 2.32 bits per heavy atom. The molecule has 0 spiro atoms. The molecule has 38 heavy (non-hydrogen) atoms. The first-order chi connectivity index (χ1) is 18.2. The summed E-state index contributed by atoms with van der Waals surface area (Å²) in [6.45, 7) is 11.6. The molecule has 0 saturated heterocycles. The lowest BCUT2D eigenvalue weighted by molar-refractivity contribution is 0.0988. The molecule has 0 amide bonds. The van der Waals surface area contributed by atoms with Gasteiger partial charge in [0.15, 0.2) is 5.78 Å². The first-order valence-corrected chi connectivity index (χ1v) is 12.7. The first-order valence-electron chi connectivity index (χ1n) is 12.7. The molecule has 0 aliphatic heterocycles. The Balaban J connectivity index is 1.76. The van der Waals surface area contributed by atoms with Gasteiger partial charge < -0.3 is 10.6 Å². The number of carbonyl (C=O) groups is 1. The first kappa shape index (κ1) is 26.8. The lowest BCUT2D eigenvalue weighted by atomic mass is 9.99. The summed E-state index contributed by atoms with van der Waals surface area (Å²) in [6, 6.07) is 6.45. The molecule has 196 valence electrons. The Labute approximate surface area is 222 Å². The highest BCUT2D eigenvalue weighted by atomic mass is 19.1. The van der Waals surface area contributed by atoms with Crippen molar-refractivity contribution in [1.82, 2.24) is 24.9 Å². The summed E-state index contributed by atoms with van der Waals surface area (Å²) in [6.07, 6.45) is 5.85. The second-order valence-electron chi connectivity index (χ2n) is 9.40. The number of anilines is 4. The molecule has 9 heteroatoms. The van der Waals surface area contributed by atoms with Crippen LogP contribution in [0.5, 0.6) is 0 Å². The van der Waals surface area contributed by atoms with E-state index in [1.165, 1.54) is 18.3 Å². The van der Waals surface area contributed by atoms with Crippen LogP contribution in [0.4, 0.5) is 27.4 Å². The summed E-state index contributed by atoms with van der Waals surface area (Å²) < 4.78 is 14.9. The molecular weight excluding hydrogens is 481 g/mol. The Hall–Kier alpha value is -4.27. The number of nitrogens with one attached hydrogen (secondary N) is 2. The maximum absolute atomic E-state index is 14.9. The maximum Gasteiger partial charge on any atom is 0.166 e. The molecule has 0 aliphatic rings. The quantitative estimate of drug-likeness (QED) is 0.234. The molecule has 0 aliphatic carbocycles. The lowest BCUT2D eigenvalue weighted by Crippen LogP contribution is -2.08. The molecule has 3 heterocycles. The molecule has 0 radical (unpaired) electrons. The zero-order valence-electron chi connectivity index (χ0n) is 22.6. The highest BCUT2D eigenvalue weighted by molar-refractivity contribution is 6.02. The topological polar surface area (TPSA) is 106 Å². The van der Waals surface area contributed by atoms with Gasteiger partial charge in [-0.25, -0.2) is 19.3 Å². The maximum atomic E-state index is 14.9. The largest absolute Gasteiger partial charge is 0.354 e. The summed E-state index contributed by atoms with van der Waals surface area (Å²) in [4.78, 5) is 35.0. The van der Waals surface area contributed by atoms with E-state index >= 15 is 0 Å². The molecular formula is C29H32FN7O. The van der Waals surface area contributed by atoms with Gasteiger partial charge in [-0.2, -0.15) is 0 Å². The van der Waals surface area contributed by atoms with E-state index in [0.29, 0.717) is 58.5 Å². The van der Waals surface area contributed by atoms with Gasteiger partial charge in [0.1, 0.15) is 23.3 Å². The van der Waals surface area contributed by atoms with Crippen molar-refractivity contribution in [1.29, 1.82) is 0 Å². The van der Waals surface area contributed by atoms with Gasteiger partial charge in [0.25, 0.3) is 0 Å². The number of benzene rings is 1. The minimum atomic E-state index is -0.419. The van der Waals surface area contributed by atoms with Crippen LogP contribution >= 0.6 is 0 Å². The number of aryl methyl sites for hydroxylation is 2. The second-order valence-corrected chi connectivity index (χ2v) is 9.40. The van der Waals surface area contributed by atoms with Crippen LogP contribution in [-0.4, -0.2) is 30.7 Å². The Bertz CT molecular complexity index is 1450. The van der Waals surface area contributed by atoms with Gasteiger partial charge in [-0.15, -0.1) is 0 Å². The molecule has 2 N–H and O–H groups in total. The van der Waals surface area contributed by atoms with E-state index in [1.807, 2.05) is 40.7 Å². The van der Waals surface area contributed by atoms with Crippen LogP contribution in [0.3, 0.4) is 0 Å². The number of Topliss-reactive ketones (excluding diaryl/α,β-unsaturated/α-hetero) is 1. The van der Waals surface area contributed by atoms with Gasteiger partial charge in [-0.3, -0.25) is 14.8 Å². The number of hydrogen-bond acceptors (Lipinski definition) is 8. The van der Waals surface area contributed by atoms with Crippen LogP contribution in [0.15, 0.2) is 42.9 Å². The van der Waals surface area contributed by atoms with E-state index < -0.39 is 5.82 Å². The zero-order chi connectivity index (χ0) is 27.4. The minimum Gasteiger partial charge on any atom is -0.354 e. The van der Waals surface area contributed by atoms with Gasteiger partial charge in [0.05, 0.1) is 28.8 Å². The van der Waals surface area contributed by atoms with Crippen LogP contribution in [0.2, 0.25) is 0 Å². The fourth-order valence-corrected chi connectivity index (χ4v) is 4.23. The van der Waals surface area contributed by atoms with E-state index in [9.17, 15) is 9.18 Å². The smallest absolute Gasteiger partial charge is 0.166 e. The molecule has 4 rings (SSSR count). The zero-order valence-corrected chi connectivity index (χ0v) is 22.6. The molecule has 0 unspecified atom stereocenters. The molecule has 0 atom stereocenters. The number of rotatable bonds is 9. The summed E-state index contributed by atoms with van der Waals surface area (Å²) in [5.74, 6) is 1.46. The van der Waals surface area contributed by atoms with E-state index in [4.69, 9.17) is 0 Å². The van der Waals surface area contributed by atoms with Gasteiger partial charge in [-0.1, -0.05) is 27.7 Å². The third-order valence-electron chi connectivity index (χ3n) is 6.12. The number of carbonyl (C=O) groups excluding carboxylic acids is 1.